The van der Waals surface area contributed by atoms with Crippen molar-refractivity contribution in [2.24, 2.45) is 0 Å². The van der Waals surface area contributed by atoms with Crippen LogP contribution >= 0.6 is 7.82 Å². The van der Waals surface area contributed by atoms with Gasteiger partial charge in [-0.2, -0.15) is 0 Å². The topological polar surface area (TPSA) is 94.1 Å². The Kier molecular flexibility index (Phi) is 44.9. The maximum absolute atomic E-state index is 12.7. The van der Waals surface area contributed by atoms with Gasteiger partial charge < -0.3 is 27.9 Å². The molecule has 0 aliphatic rings. The van der Waals surface area contributed by atoms with Crippen LogP contribution in [-0.4, -0.2) is 70.7 Å². The number of carbonyl (C=O) groups excluding carboxylic acids is 1. The third-order valence-corrected chi connectivity index (χ3v) is 11.7. The number of quaternary nitrogens is 1. The van der Waals surface area contributed by atoms with E-state index in [1.165, 1.54) is 116 Å². The van der Waals surface area contributed by atoms with E-state index in [-0.39, 0.29) is 32.2 Å². The Hall–Kier alpha value is -2.06. The zero-order valence-corrected chi connectivity index (χ0v) is 42.4. The summed E-state index contributed by atoms with van der Waals surface area (Å²) in [4.78, 5) is 25.2. The lowest BCUT2D eigenvalue weighted by Gasteiger charge is -2.28. The van der Waals surface area contributed by atoms with Crippen LogP contribution in [0, 0.1) is 0 Å². The summed E-state index contributed by atoms with van der Waals surface area (Å²) in [6.07, 6.45) is 60.7. The van der Waals surface area contributed by atoms with E-state index >= 15 is 0 Å². The second-order valence-corrected chi connectivity index (χ2v) is 19.6. The molecule has 0 spiro atoms. The molecular weight excluding hydrogens is 806 g/mol. The molecule has 63 heavy (non-hydrogen) atoms. The van der Waals surface area contributed by atoms with Crippen LogP contribution < -0.4 is 4.89 Å². The Morgan fingerprint density at radius 2 is 0.921 bits per heavy atom. The summed E-state index contributed by atoms with van der Waals surface area (Å²) in [5.74, 6) is -0.366. The predicted octanol–water partition coefficient (Wildman–Crippen LogP) is 15.2. The average molecular weight is 904 g/mol. The Balaban J connectivity index is 4.20. The van der Waals surface area contributed by atoms with Gasteiger partial charge in [0.15, 0.2) is 0 Å². The van der Waals surface area contributed by atoms with Crippen molar-refractivity contribution in [3.8, 4) is 0 Å². The second-order valence-electron chi connectivity index (χ2n) is 18.1. The highest BCUT2D eigenvalue weighted by molar-refractivity contribution is 7.45. The predicted molar refractivity (Wildman–Crippen MR) is 268 cm³/mol. The monoisotopic (exact) mass is 904 g/mol. The van der Waals surface area contributed by atoms with E-state index in [4.69, 9.17) is 18.5 Å². The first-order valence-electron chi connectivity index (χ1n) is 25.7. The molecule has 8 nitrogen and oxygen atoms in total. The van der Waals surface area contributed by atoms with Crippen LogP contribution in [0.4, 0.5) is 0 Å². The van der Waals surface area contributed by atoms with Crippen molar-refractivity contribution < 1.29 is 37.3 Å². The molecule has 2 atom stereocenters. The fraction of sp³-hybridized carbons (Fsp3) is 0.759. The number of carbonyl (C=O) groups is 1. The smallest absolute Gasteiger partial charge is 0.306 e. The molecule has 0 N–H and O–H groups in total. The highest BCUT2D eigenvalue weighted by Crippen LogP contribution is 2.38. The van der Waals surface area contributed by atoms with Gasteiger partial charge in [-0.25, -0.2) is 0 Å². The summed E-state index contributed by atoms with van der Waals surface area (Å²) >= 11 is 0. The van der Waals surface area contributed by atoms with Crippen molar-refractivity contribution in [3.05, 3.63) is 72.9 Å². The number of phosphoric ester groups is 1. The van der Waals surface area contributed by atoms with E-state index in [0.29, 0.717) is 24.1 Å². The maximum Gasteiger partial charge on any atom is 0.306 e. The number of hydrogen-bond donors (Lipinski definition) is 0. The van der Waals surface area contributed by atoms with E-state index in [9.17, 15) is 14.3 Å². The van der Waals surface area contributed by atoms with E-state index in [0.717, 1.165) is 64.2 Å². The van der Waals surface area contributed by atoms with Crippen LogP contribution in [0.15, 0.2) is 72.9 Å². The number of nitrogens with zero attached hydrogens (tertiary/aromatic N) is 1. The molecule has 0 heterocycles. The molecule has 0 fully saturated rings. The molecule has 0 aliphatic heterocycles. The van der Waals surface area contributed by atoms with Gasteiger partial charge >= 0.3 is 5.97 Å². The summed E-state index contributed by atoms with van der Waals surface area (Å²) in [5.41, 5.74) is 0. The van der Waals surface area contributed by atoms with Crippen molar-refractivity contribution in [3.63, 3.8) is 0 Å². The molecule has 0 aliphatic carbocycles. The Bertz CT molecular complexity index is 1230. The first-order chi connectivity index (χ1) is 30.6. The highest BCUT2D eigenvalue weighted by atomic mass is 31.2. The number of esters is 1. The van der Waals surface area contributed by atoms with Crippen LogP contribution in [-0.2, 0) is 27.9 Å². The lowest BCUT2D eigenvalue weighted by atomic mass is 10.1. The van der Waals surface area contributed by atoms with Gasteiger partial charge in [0.2, 0.25) is 0 Å². The molecule has 366 valence electrons. The molecule has 0 rings (SSSR count). The van der Waals surface area contributed by atoms with Crippen molar-refractivity contribution in [2.75, 3.05) is 54.1 Å². The highest BCUT2D eigenvalue weighted by Gasteiger charge is 2.20. The third kappa shape index (κ3) is 50.8. The van der Waals surface area contributed by atoms with Crippen molar-refractivity contribution in [1.82, 2.24) is 0 Å². The fourth-order valence-electron chi connectivity index (χ4n) is 6.80. The first-order valence-corrected chi connectivity index (χ1v) is 27.1. The van der Waals surface area contributed by atoms with E-state index in [1.54, 1.807) is 0 Å². The summed E-state index contributed by atoms with van der Waals surface area (Å²) in [6, 6.07) is 0. The van der Waals surface area contributed by atoms with Crippen molar-refractivity contribution in [2.45, 2.75) is 213 Å². The van der Waals surface area contributed by atoms with Crippen LogP contribution in [0.1, 0.15) is 206 Å². The molecule has 0 aromatic carbocycles. The van der Waals surface area contributed by atoms with E-state index < -0.39 is 13.9 Å². The SMILES string of the molecule is CC/C=C\C/C=C\C/C=C\C/C=C\C/C=C\CCCCCC(=O)OC(COCCCCCCCCCCCC/C=C\CCCCCCCCCC)COP(=O)([O-])OCC[N+](C)(C)C. The minimum absolute atomic E-state index is 0.0160. The van der Waals surface area contributed by atoms with E-state index in [2.05, 4.69) is 86.8 Å². The molecular formula is C54H98NO7P. The molecule has 0 aromatic rings. The van der Waals surface area contributed by atoms with Gasteiger partial charge in [-0.05, 0) is 83.5 Å². The molecule has 0 aromatic heterocycles. The quantitative estimate of drug-likeness (QED) is 0.0197. The third-order valence-electron chi connectivity index (χ3n) is 10.7. The van der Waals surface area contributed by atoms with Crippen LogP contribution in [0.3, 0.4) is 0 Å². The zero-order valence-electron chi connectivity index (χ0n) is 41.5. The molecule has 0 bridgehead atoms. The number of phosphoric acid groups is 1. The van der Waals surface area contributed by atoms with Gasteiger partial charge in [0.25, 0.3) is 7.82 Å². The number of ether oxygens (including phenoxy) is 2. The summed E-state index contributed by atoms with van der Waals surface area (Å²) in [7, 11) is 1.33. The minimum Gasteiger partial charge on any atom is -0.756 e. The lowest BCUT2D eigenvalue weighted by molar-refractivity contribution is -0.870. The zero-order chi connectivity index (χ0) is 46.2. The lowest BCUT2D eigenvalue weighted by Crippen LogP contribution is -2.37. The molecule has 0 saturated carbocycles. The van der Waals surface area contributed by atoms with Gasteiger partial charge in [0.05, 0.1) is 34.4 Å². The Labute approximate surface area is 389 Å². The maximum atomic E-state index is 12.7. The normalized spacial score (nSPS) is 14.2. The first kappa shape index (κ1) is 60.9. The number of rotatable bonds is 47. The number of hydrogen-bond acceptors (Lipinski definition) is 7. The van der Waals surface area contributed by atoms with Crippen LogP contribution in [0.25, 0.3) is 0 Å². The standard InChI is InChI=1S/C54H98NO7P/c1-6-8-10-12-14-16-18-20-22-24-26-27-28-30-32-34-36-38-40-42-44-46-49-59-51-53(52-61-63(57,58)60-50-48-55(3,4)5)62-54(56)47-45-43-41-39-37-35-33-31-29-25-23-21-19-17-15-13-11-9-7-2/h9,11,15,17,21,23-24,26,29,31,35,37,53H,6-8,10,12-14,16,18-20,22,25,27-28,30,32-34,36,38-52H2,1-5H3/b11-9-,17-15-,23-21-,26-24-,31-29-,37-35-. The average Bonchev–Trinajstić information content (AvgIpc) is 3.24. The van der Waals surface area contributed by atoms with Gasteiger partial charge in [-0.1, -0.05) is 189 Å². The van der Waals surface area contributed by atoms with Gasteiger partial charge in [0.1, 0.15) is 19.3 Å². The fourth-order valence-corrected chi connectivity index (χ4v) is 7.53. The van der Waals surface area contributed by atoms with E-state index in [1.807, 2.05) is 21.1 Å². The Morgan fingerprint density at radius 1 is 0.508 bits per heavy atom. The molecule has 0 radical (unpaired) electrons. The van der Waals surface area contributed by atoms with Crippen molar-refractivity contribution >= 4 is 13.8 Å². The summed E-state index contributed by atoms with van der Waals surface area (Å²) < 4.78 is 34.7. The second kappa shape index (κ2) is 46.5. The van der Waals surface area contributed by atoms with Crippen LogP contribution in [0.5, 0.6) is 0 Å². The Morgan fingerprint density at radius 3 is 1.40 bits per heavy atom. The molecule has 0 amide bonds. The molecule has 9 heteroatoms. The van der Waals surface area contributed by atoms with Gasteiger partial charge in [-0.15, -0.1) is 0 Å². The summed E-state index contributed by atoms with van der Waals surface area (Å²) in [5, 5.41) is 0. The molecule has 0 saturated heterocycles. The number of unbranched alkanes of at least 4 members (excludes halogenated alkanes) is 21. The van der Waals surface area contributed by atoms with Crippen molar-refractivity contribution in [1.29, 1.82) is 0 Å². The largest absolute Gasteiger partial charge is 0.756 e. The van der Waals surface area contributed by atoms with Crippen LogP contribution in [0.2, 0.25) is 0 Å². The minimum atomic E-state index is -4.54. The summed E-state index contributed by atoms with van der Waals surface area (Å²) in [6.45, 7) is 5.25. The molecule has 2 unspecified atom stereocenters. The van der Waals surface area contributed by atoms with Gasteiger partial charge in [-0.3, -0.25) is 9.36 Å². The van der Waals surface area contributed by atoms with Gasteiger partial charge in [0, 0.05) is 13.0 Å². The number of allylic oxidation sites excluding steroid dienone is 12. The number of likely N-dealkylation sites (N-methyl/N-ethyl adjacent to an activating group) is 1.